The van der Waals surface area contributed by atoms with E-state index >= 15 is 0 Å². The number of aromatic amines is 1. The van der Waals surface area contributed by atoms with Gasteiger partial charge in [-0.1, -0.05) is 12.1 Å². The third-order valence-electron chi connectivity index (χ3n) is 5.00. The van der Waals surface area contributed by atoms with Crippen LogP contribution in [0.4, 0.5) is 0 Å². The van der Waals surface area contributed by atoms with Crippen molar-refractivity contribution < 1.29 is 4.74 Å². The number of fused-ring (bicyclic) bond motifs is 4. The monoisotopic (exact) mass is 344 g/mol. The van der Waals surface area contributed by atoms with Crippen molar-refractivity contribution in [2.45, 2.75) is 19.4 Å². The number of aromatic nitrogens is 3. The van der Waals surface area contributed by atoms with Crippen molar-refractivity contribution in [2.24, 2.45) is 0 Å². The van der Waals surface area contributed by atoms with Gasteiger partial charge in [-0.3, -0.25) is 4.98 Å². The van der Waals surface area contributed by atoms with Crippen LogP contribution in [0.3, 0.4) is 0 Å². The molecule has 4 aromatic rings. The molecule has 2 aromatic carbocycles. The first-order valence-corrected chi connectivity index (χ1v) is 9.06. The molecule has 130 valence electrons. The lowest BCUT2D eigenvalue weighted by Crippen LogP contribution is -2.31. The SMILES string of the molecule is CCOc1ccc2[nH]c3c(c2c1)CCNC3c1cnc2ccccc2n1. The summed E-state index contributed by atoms with van der Waals surface area (Å²) >= 11 is 0. The number of benzene rings is 2. The minimum atomic E-state index is 0.0267. The average Bonchev–Trinajstić information content (AvgIpc) is 3.06. The van der Waals surface area contributed by atoms with Gasteiger partial charge in [0.1, 0.15) is 5.75 Å². The molecule has 2 aromatic heterocycles. The van der Waals surface area contributed by atoms with Crippen molar-refractivity contribution in [1.29, 1.82) is 0 Å². The highest BCUT2D eigenvalue weighted by atomic mass is 16.5. The summed E-state index contributed by atoms with van der Waals surface area (Å²) in [6, 6.07) is 14.3. The van der Waals surface area contributed by atoms with Gasteiger partial charge in [0.25, 0.3) is 0 Å². The molecular formula is C21H20N4O. The minimum Gasteiger partial charge on any atom is -0.494 e. The maximum atomic E-state index is 5.68. The topological polar surface area (TPSA) is 62.8 Å². The number of nitrogens with one attached hydrogen (secondary N) is 2. The summed E-state index contributed by atoms with van der Waals surface area (Å²) in [6.45, 7) is 3.60. The number of para-hydroxylation sites is 2. The van der Waals surface area contributed by atoms with E-state index in [4.69, 9.17) is 9.72 Å². The van der Waals surface area contributed by atoms with E-state index in [1.165, 1.54) is 16.6 Å². The first-order chi connectivity index (χ1) is 12.8. The Morgan fingerprint density at radius 1 is 1.15 bits per heavy atom. The number of hydrogen-bond donors (Lipinski definition) is 2. The van der Waals surface area contributed by atoms with Gasteiger partial charge in [0.2, 0.25) is 0 Å². The van der Waals surface area contributed by atoms with Gasteiger partial charge in [-0.2, -0.15) is 0 Å². The highest BCUT2D eigenvalue weighted by molar-refractivity contribution is 5.86. The van der Waals surface area contributed by atoms with Gasteiger partial charge in [0.15, 0.2) is 0 Å². The second kappa shape index (κ2) is 6.11. The number of nitrogens with zero attached hydrogens (tertiary/aromatic N) is 2. The van der Waals surface area contributed by atoms with Gasteiger partial charge in [-0.25, -0.2) is 4.98 Å². The molecule has 5 heteroatoms. The summed E-state index contributed by atoms with van der Waals surface area (Å²) in [7, 11) is 0. The highest BCUT2D eigenvalue weighted by Crippen LogP contribution is 2.34. The molecule has 5 rings (SSSR count). The molecule has 0 radical (unpaired) electrons. The van der Waals surface area contributed by atoms with E-state index in [-0.39, 0.29) is 6.04 Å². The summed E-state index contributed by atoms with van der Waals surface area (Å²) in [4.78, 5) is 13.0. The molecule has 5 nitrogen and oxygen atoms in total. The van der Waals surface area contributed by atoms with E-state index in [1.807, 2.05) is 43.5 Å². The van der Waals surface area contributed by atoms with Gasteiger partial charge >= 0.3 is 0 Å². The van der Waals surface area contributed by atoms with E-state index in [2.05, 4.69) is 27.4 Å². The van der Waals surface area contributed by atoms with Crippen LogP contribution in [-0.2, 0) is 6.42 Å². The first-order valence-electron chi connectivity index (χ1n) is 9.06. The van der Waals surface area contributed by atoms with Crippen molar-refractivity contribution in [3.05, 3.63) is 65.6 Å². The lowest BCUT2D eigenvalue weighted by molar-refractivity contribution is 0.340. The zero-order valence-corrected chi connectivity index (χ0v) is 14.6. The van der Waals surface area contributed by atoms with E-state index in [0.29, 0.717) is 6.61 Å². The van der Waals surface area contributed by atoms with Crippen molar-refractivity contribution in [3.8, 4) is 5.75 Å². The van der Waals surface area contributed by atoms with Gasteiger partial charge in [0.05, 0.1) is 35.6 Å². The predicted octanol–water partition coefficient (Wildman–Crippen LogP) is 3.74. The molecule has 1 aliphatic heterocycles. The Morgan fingerprint density at radius 2 is 2.04 bits per heavy atom. The molecule has 0 aliphatic carbocycles. The van der Waals surface area contributed by atoms with Crippen molar-refractivity contribution >= 4 is 21.9 Å². The Labute approximate surface area is 151 Å². The molecule has 2 N–H and O–H groups in total. The highest BCUT2D eigenvalue weighted by Gasteiger charge is 2.26. The Kier molecular flexibility index (Phi) is 3.60. The fraction of sp³-hybridized carbons (Fsp3) is 0.238. The van der Waals surface area contributed by atoms with Gasteiger partial charge in [-0.15, -0.1) is 0 Å². The molecule has 3 heterocycles. The molecule has 1 aliphatic rings. The number of rotatable bonds is 3. The molecule has 0 amide bonds. The van der Waals surface area contributed by atoms with E-state index < -0.39 is 0 Å². The standard InChI is InChI=1S/C21H20N4O/c1-2-26-13-7-8-16-15(11-13)14-9-10-22-21(20(14)25-16)19-12-23-17-5-3-4-6-18(17)24-19/h3-8,11-12,21-22,25H,2,9-10H2,1H3. The normalized spacial score (nSPS) is 16.7. The zero-order chi connectivity index (χ0) is 17.5. The second-order valence-corrected chi connectivity index (χ2v) is 6.58. The zero-order valence-electron chi connectivity index (χ0n) is 14.6. The predicted molar refractivity (Wildman–Crippen MR) is 103 cm³/mol. The van der Waals surface area contributed by atoms with Crippen LogP contribution in [0.15, 0.2) is 48.7 Å². The number of hydrogen-bond acceptors (Lipinski definition) is 4. The van der Waals surface area contributed by atoms with E-state index in [1.54, 1.807) is 0 Å². The summed E-state index contributed by atoms with van der Waals surface area (Å²) < 4.78 is 5.68. The van der Waals surface area contributed by atoms with Crippen LogP contribution in [0.2, 0.25) is 0 Å². The van der Waals surface area contributed by atoms with Crippen molar-refractivity contribution in [1.82, 2.24) is 20.3 Å². The minimum absolute atomic E-state index is 0.0267. The summed E-state index contributed by atoms with van der Waals surface area (Å²) in [5, 5.41) is 4.83. The van der Waals surface area contributed by atoms with Crippen LogP contribution >= 0.6 is 0 Å². The quantitative estimate of drug-likeness (QED) is 0.594. The largest absolute Gasteiger partial charge is 0.494 e. The molecule has 0 saturated heterocycles. The fourth-order valence-electron chi connectivity index (χ4n) is 3.83. The van der Waals surface area contributed by atoms with Crippen LogP contribution in [0.5, 0.6) is 5.75 Å². The van der Waals surface area contributed by atoms with Crippen LogP contribution in [0.25, 0.3) is 21.9 Å². The van der Waals surface area contributed by atoms with Crippen LogP contribution in [0.1, 0.15) is 29.9 Å². The van der Waals surface area contributed by atoms with Crippen molar-refractivity contribution in [3.63, 3.8) is 0 Å². The molecular weight excluding hydrogens is 324 g/mol. The molecule has 1 atom stereocenters. The summed E-state index contributed by atoms with van der Waals surface area (Å²) in [6.07, 6.45) is 2.87. The fourth-order valence-corrected chi connectivity index (χ4v) is 3.83. The lowest BCUT2D eigenvalue weighted by atomic mass is 9.97. The lowest BCUT2D eigenvalue weighted by Gasteiger charge is -2.24. The Hall–Kier alpha value is -2.92. The first kappa shape index (κ1) is 15.3. The van der Waals surface area contributed by atoms with Crippen molar-refractivity contribution in [2.75, 3.05) is 13.2 Å². The van der Waals surface area contributed by atoms with Crippen LogP contribution < -0.4 is 10.1 Å². The van der Waals surface area contributed by atoms with E-state index in [0.717, 1.165) is 41.0 Å². The third kappa shape index (κ3) is 2.44. The van der Waals surface area contributed by atoms with E-state index in [9.17, 15) is 0 Å². The molecule has 0 saturated carbocycles. The molecule has 26 heavy (non-hydrogen) atoms. The van der Waals surface area contributed by atoms with Gasteiger partial charge in [0, 0.05) is 23.1 Å². The summed E-state index contributed by atoms with van der Waals surface area (Å²) in [5.41, 5.74) is 6.46. The summed E-state index contributed by atoms with van der Waals surface area (Å²) in [5.74, 6) is 0.919. The van der Waals surface area contributed by atoms with Crippen LogP contribution in [0, 0.1) is 0 Å². The average molecular weight is 344 g/mol. The molecule has 0 spiro atoms. The van der Waals surface area contributed by atoms with Gasteiger partial charge in [-0.05, 0) is 49.2 Å². The number of H-pyrrole nitrogens is 1. The Morgan fingerprint density at radius 3 is 2.92 bits per heavy atom. The maximum Gasteiger partial charge on any atom is 0.120 e. The smallest absolute Gasteiger partial charge is 0.120 e. The van der Waals surface area contributed by atoms with Gasteiger partial charge < -0.3 is 15.0 Å². The third-order valence-corrected chi connectivity index (χ3v) is 5.00. The Balaban J connectivity index is 1.63. The molecule has 0 fully saturated rings. The number of ether oxygens (including phenoxy) is 1. The molecule has 0 bridgehead atoms. The van der Waals surface area contributed by atoms with Crippen LogP contribution in [-0.4, -0.2) is 28.1 Å². The Bertz CT molecular complexity index is 1100. The maximum absolute atomic E-state index is 5.68. The molecule has 1 unspecified atom stereocenters. The second-order valence-electron chi connectivity index (χ2n) is 6.58.